The Bertz CT molecular complexity index is 134. The maximum absolute atomic E-state index is 2.23. The summed E-state index contributed by atoms with van der Waals surface area (Å²) in [7, 11) is 0. The Morgan fingerprint density at radius 1 is 1.56 bits per heavy atom. The van der Waals surface area contributed by atoms with Gasteiger partial charge in [-0.15, -0.1) is 0 Å². The monoisotopic (exact) mass is 156 g/mol. The third-order valence-electron chi connectivity index (χ3n) is 1.70. The van der Waals surface area contributed by atoms with Crippen LogP contribution in [0.3, 0.4) is 0 Å². The van der Waals surface area contributed by atoms with Crippen LogP contribution in [-0.2, 0) is 21.7 Å². The molecule has 0 aromatic rings. The number of rotatable bonds is 1. The maximum Gasteiger partial charge on any atom is 0 e. The van der Waals surface area contributed by atoms with E-state index in [-0.39, 0.29) is 21.7 Å². The first kappa shape index (κ1) is 9.19. The molecule has 1 aliphatic rings. The van der Waals surface area contributed by atoms with E-state index in [1.165, 1.54) is 6.42 Å². The molecule has 9 heavy (non-hydrogen) atoms. The van der Waals surface area contributed by atoms with Crippen molar-refractivity contribution in [3.05, 3.63) is 23.8 Å². The second kappa shape index (κ2) is 4.08. The van der Waals surface area contributed by atoms with Crippen molar-refractivity contribution in [2.75, 3.05) is 0 Å². The summed E-state index contributed by atoms with van der Waals surface area (Å²) in [4.78, 5) is 0. The van der Waals surface area contributed by atoms with Crippen molar-refractivity contribution in [3.63, 3.8) is 0 Å². The average Bonchev–Trinajstić information content (AvgIpc) is 2.14. The van der Waals surface area contributed by atoms with E-state index < -0.39 is 0 Å². The van der Waals surface area contributed by atoms with Crippen LogP contribution in [0.1, 0.15) is 20.3 Å². The predicted molar refractivity (Wildman–Crippen MR) is 36.7 cm³/mol. The summed E-state index contributed by atoms with van der Waals surface area (Å²) < 4.78 is 0. The smallest absolute Gasteiger partial charge is 0 e. The SMILES string of the molecule is CCC1=CC=CC1C.[Ti]. The quantitative estimate of drug-likeness (QED) is 0.511. The molecule has 0 nitrogen and oxygen atoms in total. The van der Waals surface area contributed by atoms with Gasteiger partial charge >= 0.3 is 0 Å². The zero-order valence-electron chi connectivity index (χ0n) is 6.02. The van der Waals surface area contributed by atoms with Gasteiger partial charge in [-0.1, -0.05) is 37.6 Å². The number of allylic oxidation sites excluding steroid dienone is 4. The van der Waals surface area contributed by atoms with Gasteiger partial charge in [0.2, 0.25) is 0 Å². The Kier molecular flexibility index (Phi) is 4.17. The van der Waals surface area contributed by atoms with E-state index in [0.717, 1.165) is 0 Å². The Morgan fingerprint density at radius 2 is 2.22 bits per heavy atom. The first-order valence-corrected chi connectivity index (χ1v) is 3.22. The zero-order chi connectivity index (χ0) is 5.98. The molecule has 0 spiro atoms. The van der Waals surface area contributed by atoms with Crippen molar-refractivity contribution in [1.29, 1.82) is 0 Å². The van der Waals surface area contributed by atoms with Crippen molar-refractivity contribution in [2.45, 2.75) is 20.3 Å². The van der Waals surface area contributed by atoms with Crippen molar-refractivity contribution >= 4 is 0 Å². The molecular formula is C8H12Ti. The van der Waals surface area contributed by atoms with Crippen LogP contribution in [0.5, 0.6) is 0 Å². The predicted octanol–water partition coefficient (Wildman–Crippen LogP) is 2.53. The van der Waals surface area contributed by atoms with Gasteiger partial charge in [0.1, 0.15) is 0 Å². The van der Waals surface area contributed by atoms with Crippen LogP contribution in [-0.4, -0.2) is 0 Å². The minimum absolute atomic E-state index is 0. The minimum Gasteiger partial charge on any atom is -0.0776 e. The molecule has 0 heterocycles. The fourth-order valence-electron chi connectivity index (χ4n) is 1.06. The molecule has 0 N–H and O–H groups in total. The van der Waals surface area contributed by atoms with E-state index in [1.807, 2.05) is 0 Å². The summed E-state index contributed by atoms with van der Waals surface area (Å²) in [5.41, 5.74) is 1.56. The van der Waals surface area contributed by atoms with Gasteiger partial charge in [0.25, 0.3) is 0 Å². The van der Waals surface area contributed by atoms with Gasteiger partial charge in [0.15, 0.2) is 0 Å². The molecule has 0 aromatic heterocycles. The topological polar surface area (TPSA) is 0 Å². The third kappa shape index (κ3) is 2.11. The first-order chi connectivity index (χ1) is 3.84. The summed E-state index contributed by atoms with van der Waals surface area (Å²) >= 11 is 0. The van der Waals surface area contributed by atoms with Gasteiger partial charge in [0.05, 0.1) is 0 Å². The van der Waals surface area contributed by atoms with Crippen LogP contribution in [0.4, 0.5) is 0 Å². The van der Waals surface area contributed by atoms with E-state index >= 15 is 0 Å². The van der Waals surface area contributed by atoms with Gasteiger partial charge in [-0.25, -0.2) is 0 Å². The molecule has 1 unspecified atom stereocenters. The van der Waals surface area contributed by atoms with Crippen LogP contribution in [0.15, 0.2) is 23.8 Å². The maximum atomic E-state index is 2.23. The van der Waals surface area contributed by atoms with Gasteiger partial charge < -0.3 is 0 Å². The molecule has 0 saturated carbocycles. The van der Waals surface area contributed by atoms with Crippen LogP contribution < -0.4 is 0 Å². The number of hydrogen-bond donors (Lipinski definition) is 0. The Balaban J connectivity index is 0.000000640. The Morgan fingerprint density at radius 3 is 2.44 bits per heavy atom. The summed E-state index contributed by atoms with van der Waals surface area (Å²) in [6, 6.07) is 0. The van der Waals surface area contributed by atoms with Gasteiger partial charge in [-0.05, 0) is 12.3 Å². The normalized spacial score (nSPS) is 23.3. The van der Waals surface area contributed by atoms with Crippen molar-refractivity contribution in [2.24, 2.45) is 5.92 Å². The second-order valence-corrected chi connectivity index (χ2v) is 2.27. The van der Waals surface area contributed by atoms with Crippen LogP contribution in [0.25, 0.3) is 0 Å². The van der Waals surface area contributed by atoms with E-state index in [9.17, 15) is 0 Å². The van der Waals surface area contributed by atoms with Gasteiger partial charge in [-0.3, -0.25) is 0 Å². The molecular weight excluding hydrogens is 144 g/mol. The molecule has 0 aromatic carbocycles. The van der Waals surface area contributed by atoms with Crippen molar-refractivity contribution in [1.82, 2.24) is 0 Å². The summed E-state index contributed by atoms with van der Waals surface area (Å²) in [6.07, 6.45) is 7.79. The third-order valence-corrected chi connectivity index (χ3v) is 1.70. The molecule has 0 saturated heterocycles. The van der Waals surface area contributed by atoms with E-state index in [1.54, 1.807) is 5.57 Å². The Labute approximate surface area is 71.9 Å². The number of hydrogen-bond acceptors (Lipinski definition) is 0. The largest absolute Gasteiger partial charge is 0.0776 e. The molecule has 1 atom stereocenters. The summed E-state index contributed by atoms with van der Waals surface area (Å²) in [5.74, 6) is 0.708. The average molecular weight is 156 g/mol. The molecule has 0 bridgehead atoms. The second-order valence-electron chi connectivity index (χ2n) is 2.27. The summed E-state index contributed by atoms with van der Waals surface area (Å²) in [6.45, 7) is 4.44. The molecule has 0 aliphatic heterocycles. The Hall–Kier alpha value is 0.194. The van der Waals surface area contributed by atoms with Crippen LogP contribution in [0, 0.1) is 5.92 Å². The van der Waals surface area contributed by atoms with Crippen molar-refractivity contribution in [3.8, 4) is 0 Å². The van der Waals surface area contributed by atoms with Gasteiger partial charge in [0, 0.05) is 21.7 Å². The van der Waals surface area contributed by atoms with Crippen LogP contribution in [0.2, 0.25) is 0 Å². The molecule has 0 radical (unpaired) electrons. The molecule has 48 valence electrons. The van der Waals surface area contributed by atoms with Crippen LogP contribution >= 0.6 is 0 Å². The molecule has 1 heteroatoms. The van der Waals surface area contributed by atoms with Gasteiger partial charge in [-0.2, -0.15) is 0 Å². The van der Waals surface area contributed by atoms with E-state index in [0.29, 0.717) is 5.92 Å². The van der Waals surface area contributed by atoms with Crippen molar-refractivity contribution < 1.29 is 21.7 Å². The molecule has 0 fully saturated rings. The minimum atomic E-state index is 0. The van der Waals surface area contributed by atoms with E-state index in [4.69, 9.17) is 0 Å². The molecule has 1 rings (SSSR count). The summed E-state index contributed by atoms with van der Waals surface area (Å²) in [5, 5.41) is 0. The molecule has 0 amide bonds. The van der Waals surface area contributed by atoms with E-state index in [2.05, 4.69) is 32.1 Å². The standard InChI is InChI=1S/C8H12.Ti/c1-3-8-6-4-5-7(8)2;/h4-7H,3H2,1-2H3;. The zero-order valence-corrected chi connectivity index (χ0v) is 7.58. The first-order valence-electron chi connectivity index (χ1n) is 3.22. The fraction of sp³-hybridized carbons (Fsp3) is 0.500. The fourth-order valence-corrected chi connectivity index (χ4v) is 1.06. The molecule has 1 aliphatic carbocycles.